The molecule has 3 aromatic rings. The predicted octanol–water partition coefficient (Wildman–Crippen LogP) is 5.30. The molecule has 0 saturated heterocycles. The van der Waals surface area contributed by atoms with Gasteiger partial charge in [0, 0.05) is 18.3 Å². The van der Waals surface area contributed by atoms with Gasteiger partial charge in [-0.25, -0.2) is 4.98 Å². The van der Waals surface area contributed by atoms with Gasteiger partial charge in [0.1, 0.15) is 5.15 Å². The maximum atomic E-state index is 6.29. The van der Waals surface area contributed by atoms with Crippen LogP contribution >= 0.6 is 11.6 Å². The van der Waals surface area contributed by atoms with Crippen molar-refractivity contribution in [3.05, 3.63) is 88.7 Å². The molecule has 25 heavy (non-hydrogen) atoms. The predicted molar refractivity (Wildman–Crippen MR) is 106 cm³/mol. The third-order valence-electron chi connectivity index (χ3n) is 4.40. The van der Waals surface area contributed by atoms with Gasteiger partial charge in [-0.2, -0.15) is 0 Å². The number of pyridine rings is 1. The molecule has 0 unspecified atom stereocenters. The van der Waals surface area contributed by atoms with Gasteiger partial charge in [0.2, 0.25) is 0 Å². The van der Waals surface area contributed by atoms with Gasteiger partial charge >= 0.3 is 0 Å². The van der Waals surface area contributed by atoms with E-state index in [1.54, 1.807) is 0 Å². The maximum absolute atomic E-state index is 6.29. The molecule has 0 atom stereocenters. The molecule has 2 nitrogen and oxygen atoms in total. The number of nitrogens with zero attached hydrogens (tertiary/aromatic N) is 1. The van der Waals surface area contributed by atoms with E-state index >= 15 is 0 Å². The summed E-state index contributed by atoms with van der Waals surface area (Å²) in [5, 5.41) is 4.12. The zero-order chi connectivity index (χ0) is 17.5. The highest BCUT2D eigenvalue weighted by atomic mass is 35.5. The standard InChI is InChI=1S/C22H23ClN2/c1-2-17-8-6-7-11-20(17)15-24-13-12-19-14-21(16-25-22(19)23)18-9-4-3-5-10-18/h3-11,14,16,24H,2,12-13,15H2,1H3. The molecule has 0 aliphatic carbocycles. The van der Waals surface area contributed by atoms with Crippen LogP contribution in [0, 0.1) is 0 Å². The average Bonchev–Trinajstić information content (AvgIpc) is 2.67. The number of benzene rings is 2. The van der Waals surface area contributed by atoms with Gasteiger partial charge in [0.05, 0.1) is 0 Å². The lowest BCUT2D eigenvalue weighted by Gasteiger charge is -2.10. The minimum atomic E-state index is 0.593. The summed E-state index contributed by atoms with van der Waals surface area (Å²) in [6.45, 7) is 3.95. The molecule has 0 aliphatic heterocycles. The number of halogens is 1. The third-order valence-corrected chi connectivity index (χ3v) is 4.74. The van der Waals surface area contributed by atoms with Gasteiger partial charge in [-0.3, -0.25) is 0 Å². The van der Waals surface area contributed by atoms with Crippen LogP contribution in [-0.4, -0.2) is 11.5 Å². The van der Waals surface area contributed by atoms with E-state index in [-0.39, 0.29) is 0 Å². The van der Waals surface area contributed by atoms with E-state index in [0.717, 1.165) is 42.6 Å². The summed E-state index contributed by atoms with van der Waals surface area (Å²) < 4.78 is 0. The highest BCUT2D eigenvalue weighted by molar-refractivity contribution is 6.30. The third kappa shape index (κ3) is 4.68. The highest BCUT2D eigenvalue weighted by Crippen LogP contribution is 2.23. The van der Waals surface area contributed by atoms with Crippen molar-refractivity contribution in [3.8, 4) is 11.1 Å². The van der Waals surface area contributed by atoms with Crippen molar-refractivity contribution in [2.24, 2.45) is 0 Å². The van der Waals surface area contributed by atoms with E-state index < -0.39 is 0 Å². The minimum Gasteiger partial charge on any atom is -0.312 e. The molecule has 1 aromatic heterocycles. The van der Waals surface area contributed by atoms with Crippen molar-refractivity contribution in [1.82, 2.24) is 10.3 Å². The number of hydrogen-bond acceptors (Lipinski definition) is 2. The van der Waals surface area contributed by atoms with Crippen LogP contribution in [0.3, 0.4) is 0 Å². The fourth-order valence-corrected chi connectivity index (χ4v) is 3.18. The van der Waals surface area contributed by atoms with Crippen LogP contribution in [0.2, 0.25) is 5.15 Å². The fraction of sp³-hybridized carbons (Fsp3) is 0.227. The molecule has 1 heterocycles. The lowest BCUT2D eigenvalue weighted by atomic mass is 10.0. The Kier molecular flexibility index (Phi) is 6.21. The lowest BCUT2D eigenvalue weighted by molar-refractivity contribution is 0.682. The topological polar surface area (TPSA) is 24.9 Å². The molecule has 0 saturated carbocycles. The van der Waals surface area contributed by atoms with E-state index in [4.69, 9.17) is 11.6 Å². The molecular formula is C22H23ClN2. The Morgan fingerprint density at radius 3 is 2.36 bits per heavy atom. The second kappa shape index (κ2) is 8.80. The van der Waals surface area contributed by atoms with Crippen molar-refractivity contribution in [1.29, 1.82) is 0 Å². The summed E-state index contributed by atoms with van der Waals surface area (Å²) in [4.78, 5) is 4.36. The first-order chi connectivity index (χ1) is 12.3. The Bertz CT molecular complexity index is 815. The molecule has 0 spiro atoms. The van der Waals surface area contributed by atoms with Gasteiger partial charge < -0.3 is 5.32 Å². The van der Waals surface area contributed by atoms with Crippen LogP contribution in [0.25, 0.3) is 11.1 Å². The van der Waals surface area contributed by atoms with Crippen molar-refractivity contribution < 1.29 is 0 Å². The van der Waals surface area contributed by atoms with Crippen LogP contribution < -0.4 is 5.32 Å². The minimum absolute atomic E-state index is 0.593. The molecule has 3 heteroatoms. The summed E-state index contributed by atoms with van der Waals surface area (Å²) >= 11 is 6.29. The zero-order valence-corrected chi connectivity index (χ0v) is 15.3. The van der Waals surface area contributed by atoms with Gasteiger partial charge in [0.25, 0.3) is 0 Å². The fourth-order valence-electron chi connectivity index (χ4n) is 2.98. The Hall–Kier alpha value is -2.16. The Labute approximate surface area is 154 Å². The number of hydrogen-bond donors (Lipinski definition) is 1. The first kappa shape index (κ1) is 17.7. The largest absolute Gasteiger partial charge is 0.312 e. The molecule has 0 bridgehead atoms. The molecule has 0 amide bonds. The second-order valence-corrected chi connectivity index (χ2v) is 6.45. The molecule has 1 N–H and O–H groups in total. The van der Waals surface area contributed by atoms with Crippen LogP contribution in [0.1, 0.15) is 23.6 Å². The lowest BCUT2D eigenvalue weighted by Crippen LogP contribution is -2.17. The number of aryl methyl sites for hydroxylation is 1. The Balaban J connectivity index is 1.61. The maximum Gasteiger partial charge on any atom is 0.132 e. The van der Waals surface area contributed by atoms with Crippen LogP contribution in [0.4, 0.5) is 0 Å². The molecule has 0 radical (unpaired) electrons. The smallest absolute Gasteiger partial charge is 0.132 e. The number of aromatic nitrogens is 1. The highest BCUT2D eigenvalue weighted by Gasteiger charge is 2.06. The van der Waals surface area contributed by atoms with Crippen molar-refractivity contribution in [3.63, 3.8) is 0 Å². The summed E-state index contributed by atoms with van der Waals surface area (Å²) in [7, 11) is 0. The van der Waals surface area contributed by atoms with Gasteiger partial charge in [-0.05, 0) is 47.7 Å². The Morgan fingerprint density at radius 1 is 0.880 bits per heavy atom. The molecule has 128 valence electrons. The van der Waals surface area contributed by atoms with E-state index in [1.807, 2.05) is 24.4 Å². The molecular weight excluding hydrogens is 328 g/mol. The van der Waals surface area contributed by atoms with E-state index in [0.29, 0.717) is 5.15 Å². The second-order valence-electron chi connectivity index (χ2n) is 6.09. The van der Waals surface area contributed by atoms with Gasteiger partial charge in [-0.1, -0.05) is 73.1 Å². The van der Waals surface area contributed by atoms with Crippen molar-refractivity contribution in [2.75, 3.05) is 6.54 Å². The quantitative estimate of drug-likeness (QED) is 0.462. The van der Waals surface area contributed by atoms with Crippen LogP contribution in [-0.2, 0) is 19.4 Å². The monoisotopic (exact) mass is 350 g/mol. The van der Waals surface area contributed by atoms with Crippen molar-refractivity contribution in [2.45, 2.75) is 26.3 Å². The van der Waals surface area contributed by atoms with E-state index in [2.05, 4.69) is 59.7 Å². The normalized spacial score (nSPS) is 10.8. The zero-order valence-electron chi connectivity index (χ0n) is 14.5. The molecule has 0 aliphatic rings. The molecule has 2 aromatic carbocycles. The SMILES string of the molecule is CCc1ccccc1CNCCc1cc(-c2ccccc2)cnc1Cl. The van der Waals surface area contributed by atoms with E-state index in [1.165, 1.54) is 11.1 Å². The van der Waals surface area contributed by atoms with E-state index in [9.17, 15) is 0 Å². The Morgan fingerprint density at radius 2 is 1.60 bits per heavy atom. The molecule has 0 fully saturated rings. The summed E-state index contributed by atoms with van der Waals surface area (Å²) in [5.41, 5.74) is 6.13. The number of rotatable bonds is 7. The summed E-state index contributed by atoms with van der Waals surface area (Å²) in [6.07, 6.45) is 3.76. The van der Waals surface area contributed by atoms with Crippen LogP contribution in [0.5, 0.6) is 0 Å². The van der Waals surface area contributed by atoms with Gasteiger partial charge in [0.15, 0.2) is 0 Å². The summed E-state index contributed by atoms with van der Waals surface area (Å²) in [6, 6.07) is 21.0. The number of nitrogens with one attached hydrogen (secondary N) is 1. The first-order valence-corrected chi connectivity index (χ1v) is 9.13. The van der Waals surface area contributed by atoms with Crippen LogP contribution in [0.15, 0.2) is 66.9 Å². The summed E-state index contributed by atoms with van der Waals surface area (Å²) in [5.74, 6) is 0. The molecule has 3 rings (SSSR count). The van der Waals surface area contributed by atoms with Crippen molar-refractivity contribution >= 4 is 11.6 Å². The average molecular weight is 351 g/mol. The first-order valence-electron chi connectivity index (χ1n) is 8.75. The van der Waals surface area contributed by atoms with Gasteiger partial charge in [-0.15, -0.1) is 0 Å².